The topological polar surface area (TPSA) is 48.3 Å². The van der Waals surface area contributed by atoms with E-state index in [2.05, 4.69) is 0 Å². The molecule has 0 unspecified atom stereocenters. The molecule has 1 heterocycles. The Morgan fingerprint density at radius 1 is 1.21 bits per heavy atom. The third-order valence-electron chi connectivity index (χ3n) is 3.19. The Morgan fingerprint density at radius 2 is 1.89 bits per heavy atom. The normalized spacial score (nSPS) is 11.5. The van der Waals surface area contributed by atoms with Crippen LogP contribution in [0.2, 0.25) is 0 Å². The number of esters is 1. The van der Waals surface area contributed by atoms with Gasteiger partial charge >= 0.3 is 5.97 Å². The SMILES string of the molecule is COC(=O)C(C)(C)Cn1c(=O)ccc2ccccc21. The van der Waals surface area contributed by atoms with Gasteiger partial charge in [0.15, 0.2) is 0 Å². The van der Waals surface area contributed by atoms with Gasteiger partial charge in [-0.15, -0.1) is 0 Å². The number of fused-ring (bicyclic) bond motifs is 1. The maximum Gasteiger partial charge on any atom is 0.313 e. The minimum atomic E-state index is -0.747. The second-order valence-corrected chi connectivity index (χ2v) is 5.19. The number of rotatable bonds is 3. The smallest absolute Gasteiger partial charge is 0.313 e. The fourth-order valence-corrected chi connectivity index (χ4v) is 2.14. The summed E-state index contributed by atoms with van der Waals surface area (Å²) in [5.41, 5.74) is -0.0365. The van der Waals surface area contributed by atoms with Crippen molar-refractivity contribution < 1.29 is 9.53 Å². The van der Waals surface area contributed by atoms with E-state index in [-0.39, 0.29) is 11.5 Å². The summed E-state index contributed by atoms with van der Waals surface area (Å²) in [6.07, 6.45) is 0. The molecule has 1 aromatic carbocycles. The monoisotopic (exact) mass is 259 g/mol. The van der Waals surface area contributed by atoms with Crippen LogP contribution in [0, 0.1) is 5.41 Å². The lowest BCUT2D eigenvalue weighted by Gasteiger charge is -2.23. The van der Waals surface area contributed by atoms with Crippen molar-refractivity contribution in [3.8, 4) is 0 Å². The van der Waals surface area contributed by atoms with E-state index < -0.39 is 5.41 Å². The fraction of sp³-hybridized carbons (Fsp3) is 0.333. The van der Waals surface area contributed by atoms with E-state index in [1.54, 1.807) is 24.5 Å². The first-order valence-electron chi connectivity index (χ1n) is 6.13. The number of aromatic nitrogens is 1. The predicted octanol–water partition coefficient (Wildman–Crippen LogP) is 2.20. The van der Waals surface area contributed by atoms with Gasteiger partial charge in [0.1, 0.15) is 0 Å². The molecule has 0 aliphatic heterocycles. The van der Waals surface area contributed by atoms with E-state index in [1.807, 2.05) is 24.3 Å². The number of methoxy groups -OCH3 is 1. The number of nitrogens with zero attached hydrogens (tertiary/aromatic N) is 1. The Hall–Kier alpha value is -2.10. The second-order valence-electron chi connectivity index (χ2n) is 5.19. The molecule has 100 valence electrons. The van der Waals surface area contributed by atoms with Gasteiger partial charge in [-0.05, 0) is 31.4 Å². The van der Waals surface area contributed by atoms with E-state index in [9.17, 15) is 9.59 Å². The van der Waals surface area contributed by atoms with E-state index in [0.717, 1.165) is 10.9 Å². The van der Waals surface area contributed by atoms with Crippen LogP contribution in [0.3, 0.4) is 0 Å². The molecule has 0 saturated carbocycles. The summed E-state index contributed by atoms with van der Waals surface area (Å²) in [4.78, 5) is 23.8. The highest BCUT2D eigenvalue weighted by Crippen LogP contribution is 2.21. The molecule has 0 aliphatic rings. The summed E-state index contributed by atoms with van der Waals surface area (Å²) in [7, 11) is 1.36. The van der Waals surface area contributed by atoms with Gasteiger partial charge in [-0.3, -0.25) is 9.59 Å². The van der Waals surface area contributed by atoms with Crippen LogP contribution in [0.25, 0.3) is 10.9 Å². The third-order valence-corrected chi connectivity index (χ3v) is 3.19. The molecule has 0 N–H and O–H groups in total. The lowest BCUT2D eigenvalue weighted by molar-refractivity contribution is -0.151. The Labute approximate surface area is 111 Å². The van der Waals surface area contributed by atoms with Crippen molar-refractivity contribution in [2.75, 3.05) is 7.11 Å². The largest absolute Gasteiger partial charge is 0.469 e. The highest BCUT2D eigenvalue weighted by Gasteiger charge is 2.30. The molecule has 0 fully saturated rings. The summed E-state index contributed by atoms with van der Waals surface area (Å²) < 4.78 is 6.40. The van der Waals surface area contributed by atoms with Crippen LogP contribution in [0.15, 0.2) is 41.2 Å². The van der Waals surface area contributed by atoms with E-state index in [0.29, 0.717) is 6.54 Å². The summed E-state index contributed by atoms with van der Waals surface area (Å²) >= 11 is 0. The number of hydrogen-bond donors (Lipinski definition) is 0. The zero-order valence-electron chi connectivity index (χ0n) is 11.3. The van der Waals surface area contributed by atoms with Crippen LogP contribution in [-0.4, -0.2) is 17.6 Å². The zero-order valence-corrected chi connectivity index (χ0v) is 11.3. The molecule has 0 radical (unpaired) electrons. The molecule has 1 aromatic heterocycles. The van der Waals surface area contributed by atoms with Crippen LogP contribution in [0.4, 0.5) is 0 Å². The second kappa shape index (κ2) is 4.88. The molecular formula is C15H17NO3. The van der Waals surface area contributed by atoms with Crippen molar-refractivity contribution in [1.29, 1.82) is 0 Å². The summed E-state index contributed by atoms with van der Waals surface area (Å²) in [5, 5.41) is 0.975. The molecule has 4 nitrogen and oxygen atoms in total. The van der Waals surface area contributed by atoms with Crippen LogP contribution in [0.5, 0.6) is 0 Å². The molecule has 0 saturated heterocycles. The molecular weight excluding hydrogens is 242 g/mol. The van der Waals surface area contributed by atoms with E-state index >= 15 is 0 Å². The summed E-state index contributed by atoms with van der Waals surface area (Å²) in [5.74, 6) is -0.327. The van der Waals surface area contributed by atoms with Gasteiger partial charge in [-0.1, -0.05) is 18.2 Å². The maximum absolute atomic E-state index is 12.0. The van der Waals surface area contributed by atoms with E-state index in [4.69, 9.17) is 4.74 Å². The standard InChI is InChI=1S/C15H17NO3/c1-15(2,14(18)19-3)10-16-12-7-5-4-6-11(12)8-9-13(16)17/h4-9H,10H2,1-3H3. The van der Waals surface area contributed by atoms with Crippen molar-refractivity contribution in [2.45, 2.75) is 20.4 Å². The highest BCUT2D eigenvalue weighted by molar-refractivity contribution is 5.79. The lowest BCUT2D eigenvalue weighted by atomic mass is 9.93. The van der Waals surface area contributed by atoms with Gasteiger partial charge < -0.3 is 9.30 Å². The van der Waals surface area contributed by atoms with Crippen molar-refractivity contribution in [3.05, 3.63) is 46.8 Å². The van der Waals surface area contributed by atoms with Crippen LogP contribution in [-0.2, 0) is 16.1 Å². The first-order chi connectivity index (χ1) is 8.95. The van der Waals surface area contributed by atoms with Crippen LogP contribution >= 0.6 is 0 Å². The lowest BCUT2D eigenvalue weighted by Crippen LogP contribution is -2.34. The molecule has 4 heteroatoms. The van der Waals surface area contributed by atoms with Crippen molar-refractivity contribution in [3.63, 3.8) is 0 Å². The Morgan fingerprint density at radius 3 is 2.58 bits per heavy atom. The van der Waals surface area contributed by atoms with Gasteiger partial charge in [0.25, 0.3) is 5.56 Å². The number of carbonyl (C=O) groups is 1. The van der Waals surface area contributed by atoms with Crippen LogP contribution < -0.4 is 5.56 Å². The molecule has 0 spiro atoms. The number of pyridine rings is 1. The molecule has 2 rings (SSSR count). The Balaban J connectivity index is 2.54. The third kappa shape index (κ3) is 2.52. The molecule has 0 atom stereocenters. The summed E-state index contributed by atoms with van der Waals surface area (Å²) in [6, 6.07) is 10.9. The van der Waals surface area contributed by atoms with Gasteiger partial charge in [-0.25, -0.2) is 0 Å². The minimum Gasteiger partial charge on any atom is -0.469 e. The average molecular weight is 259 g/mol. The number of hydrogen-bond acceptors (Lipinski definition) is 3. The maximum atomic E-state index is 12.0. The summed E-state index contributed by atoms with van der Waals surface area (Å²) in [6.45, 7) is 3.83. The predicted molar refractivity (Wildman–Crippen MR) is 74.0 cm³/mol. The number of para-hydroxylation sites is 1. The molecule has 0 amide bonds. The van der Waals surface area contributed by atoms with Gasteiger partial charge in [0, 0.05) is 12.6 Å². The molecule has 2 aromatic rings. The molecule has 0 aliphatic carbocycles. The van der Waals surface area contributed by atoms with Gasteiger partial charge in [0.2, 0.25) is 0 Å². The number of benzene rings is 1. The fourth-order valence-electron chi connectivity index (χ4n) is 2.14. The Kier molecular flexibility index (Phi) is 3.42. The highest BCUT2D eigenvalue weighted by atomic mass is 16.5. The first kappa shape index (κ1) is 13.3. The van der Waals surface area contributed by atoms with Crippen molar-refractivity contribution in [2.24, 2.45) is 5.41 Å². The van der Waals surface area contributed by atoms with Crippen molar-refractivity contribution in [1.82, 2.24) is 4.57 Å². The number of ether oxygens (including phenoxy) is 1. The molecule has 19 heavy (non-hydrogen) atoms. The Bertz CT molecular complexity index is 670. The van der Waals surface area contributed by atoms with Gasteiger partial charge in [-0.2, -0.15) is 0 Å². The minimum absolute atomic E-state index is 0.115. The van der Waals surface area contributed by atoms with Crippen LogP contribution in [0.1, 0.15) is 13.8 Å². The number of carbonyl (C=O) groups excluding carboxylic acids is 1. The van der Waals surface area contributed by atoms with E-state index in [1.165, 1.54) is 13.2 Å². The average Bonchev–Trinajstić information content (AvgIpc) is 2.41. The van der Waals surface area contributed by atoms with Crippen molar-refractivity contribution >= 4 is 16.9 Å². The quantitative estimate of drug-likeness (QED) is 0.794. The van der Waals surface area contributed by atoms with Gasteiger partial charge in [0.05, 0.1) is 18.0 Å². The molecule has 0 bridgehead atoms. The zero-order chi connectivity index (χ0) is 14.0. The first-order valence-corrected chi connectivity index (χ1v) is 6.13.